The monoisotopic (exact) mass is 387 g/mol. The molecule has 2 amide bonds. The van der Waals surface area contributed by atoms with E-state index in [2.05, 4.69) is 21.7 Å². The first-order chi connectivity index (χ1) is 14.1. The highest BCUT2D eigenvalue weighted by atomic mass is 19.1. The normalized spacial score (nSPS) is 21.2. The molecule has 0 aliphatic heterocycles. The Morgan fingerprint density at radius 1 is 1.17 bits per heavy atom. The van der Waals surface area contributed by atoms with Gasteiger partial charge in [-0.25, -0.2) is 9.18 Å². The molecule has 29 heavy (non-hydrogen) atoms. The van der Waals surface area contributed by atoms with E-state index >= 15 is 0 Å². The molecule has 5 heteroatoms. The number of nitrogens with one attached hydrogen (secondary N) is 2. The molecule has 0 bridgehead atoms. The number of anilines is 1. The van der Waals surface area contributed by atoms with Gasteiger partial charge in [0, 0.05) is 36.0 Å². The van der Waals surface area contributed by atoms with Crippen LogP contribution in [0.15, 0.2) is 60.8 Å². The molecule has 5 rings (SSSR count). The predicted octanol–water partition coefficient (Wildman–Crippen LogP) is 4.58. The summed E-state index contributed by atoms with van der Waals surface area (Å²) in [6.07, 6.45) is 3.34. The van der Waals surface area contributed by atoms with Gasteiger partial charge in [-0.1, -0.05) is 24.3 Å². The molecule has 2 aliphatic carbocycles. The molecule has 2 aromatic carbocycles. The number of hydrogen-bond acceptors (Lipinski definition) is 2. The van der Waals surface area contributed by atoms with E-state index in [4.69, 9.17) is 0 Å². The zero-order chi connectivity index (χ0) is 20.0. The number of fused-ring (bicyclic) bond motifs is 3. The first-order valence-corrected chi connectivity index (χ1v) is 9.94. The molecule has 1 fully saturated rings. The van der Waals surface area contributed by atoms with Crippen LogP contribution in [0.5, 0.6) is 0 Å². The topological polar surface area (TPSA) is 54.0 Å². The van der Waals surface area contributed by atoms with Crippen LogP contribution in [0.4, 0.5) is 14.9 Å². The van der Waals surface area contributed by atoms with Gasteiger partial charge in [0.2, 0.25) is 0 Å². The minimum atomic E-state index is -0.189. The van der Waals surface area contributed by atoms with E-state index in [9.17, 15) is 9.18 Å². The van der Waals surface area contributed by atoms with Gasteiger partial charge in [0.25, 0.3) is 0 Å². The summed E-state index contributed by atoms with van der Waals surface area (Å²) < 4.78 is 13.4. The molecule has 146 valence electrons. The first kappa shape index (κ1) is 17.9. The van der Waals surface area contributed by atoms with Crippen molar-refractivity contribution in [2.45, 2.75) is 31.7 Å². The van der Waals surface area contributed by atoms with Crippen LogP contribution < -0.4 is 10.6 Å². The van der Waals surface area contributed by atoms with Crippen molar-refractivity contribution in [2.24, 2.45) is 5.92 Å². The van der Waals surface area contributed by atoms with Gasteiger partial charge >= 0.3 is 6.03 Å². The molecule has 1 aromatic heterocycles. The maximum Gasteiger partial charge on any atom is 0.319 e. The van der Waals surface area contributed by atoms with Crippen molar-refractivity contribution in [3.05, 3.63) is 94.6 Å². The van der Waals surface area contributed by atoms with Gasteiger partial charge in [-0.05, 0) is 71.8 Å². The maximum atomic E-state index is 13.4. The average molecular weight is 387 g/mol. The van der Waals surface area contributed by atoms with Crippen LogP contribution in [0.1, 0.15) is 33.9 Å². The Bertz CT molecular complexity index is 1080. The third-order valence-electron chi connectivity index (χ3n) is 6.05. The summed E-state index contributed by atoms with van der Waals surface area (Å²) in [4.78, 5) is 17.0. The van der Waals surface area contributed by atoms with Crippen molar-refractivity contribution in [2.75, 3.05) is 5.32 Å². The zero-order valence-corrected chi connectivity index (χ0v) is 16.2. The highest BCUT2D eigenvalue weighted by Crippen LogP contribution is 2.56. The number of halogens is 1. The fourth-order valence-electron chi connectivity index (χ4n) is 4.51. The third kappa shape index (κ3) is 3.48. The number of rotatable bonds is 4. The second-order valence-electron chi connectivity index (χ2n) is 8.01. The van der Waals surface area contributed by atoms with Gasteiger partial charge in [-0.3, -0.25) is 4.98 Å². The van der Waals surface area contributed by atoms with Crippen LogP contribution in [0, 0.1) is 18.7 Å². The summed E-state index contributed by atoms with van der Waals surface area (Å²) in [5, 5.41) is 6.10. The fraction of sp³-hybridized carbons (Fsp3) is 0.250. The molecule has 3 atom stereocenters. The minimum Gasteiger partial charge on any atom is -0.334 e. The van der Waals surface area contributed by atoms with Crippen LogP contribution in [0.2, 0.25) is 0 Å². The number of amides is 2. The number of urea groups is 1. The Labute approximate surface area is 169 Å². The Balaban J connectivity index is 1.24. The molecule has 1 heterocycles. The highest BCUT2D eigenvalue weighted by molar-refractivity contribution is 5.91. The number of nitrogens with zero attached hydrogens (tertiary/aromatic N) is 1. The largest absolute Gasteiger partial charge is 0.334 e. The summed E-state index contributed by atoms with van der Waals surface area (Å²) in [5.74, 6) is 0.510. The minimum absolute atomic E-state index is 0.130. The lowest BCUT2D eigenvalue weighted by Gasteiger charge is -2.13. The molecule has 0 spiro atoms. The summed E-state index contributed by atoms with van der Waals surface area (Å²) in [6, 6.07) is 16.9. The van der Waals surface area contributed by atoms with Crippen molar-refractivity contribution in [1.82, 2.24) is 10.3 Å². The number of benzene rings is 2. The van der Waals surface area contributed by atoms with Gasteiger partial charge in [0.1, 0.15) is 5.82 Å². The van der Waals surface area contributed by atoms with Gasteiger partial charge in [-0.15, -0.1) is 0 Å². The molecule has 0 radical (unpaired) electrons. The van der Waals surface area contributed by atoms with E-state index in [1.165, 1.54) is 11.6 Å². The van der Waals surface area contributed by atoms with E-state index in [1.54, 1.807) is 12.3 Å². The van der Waals surface area contributed by atoms with Crippen molar-refractivity contribution >= 4 is 11.7 Å². The lowest BCUT2D eigenvalue weighted by molar-refractivity contribution is 0.251. The maximum absolute atomic E-state index is 13.4. The molecule has 1 saturated carbocycles. The molecule has 2 N–H and O–H groups in total. The van der Waals surface area contributed by atoms with Crippen LogP contribution in [0.3, 0.4) is 0 Å². The fourth-order valence-corrected chi connectivity index (χ4v) is 4.51. The third-order valence-corrected chi connectivity index (χ3v) is 6.05. The summed E-state index contributed by atoms with van der Waals surface area (Å²) in [6.45, 7) is 1.98. The number of pyridine rings is 1. The number of hydrogen-bond donors (Lipinski definition) is 2. The smallest absolute Gasteiger partial charge is 0.319 e. The van der Waals surface area contributed by atoms with Crippen LogP contribution in [-0.2, 0) is 12.8 Å². The zero-order valence-electron chi connectivity index (χ0n) is 16.2. The Morgan fingerprint density at radius 3 is 2.90 bits per heavy atom. The van der Waals surface area contributed by atoms with Gasteiger partial charge < -0.3 is 10.6 Å². The van der Waals surface area contributed by atoms with Crippen molar-refractivity contribution in [1.29, 1.82) is 0 Å². The van der Waals surface area contributed by atoms with E-state index in [1.807, 2.05) is 43.3 Å². The molecule has 3 unspecified atom stereocenters. The summed E-state index contributed by atoms with van der Waals surface area (Å²) >= 11 is 0. The molecular formula is C24H22FN3O. The quantitative estimate of drug-likeness (QED) is 0.689. The number of carbonyl (C=O) groups is 1. The molecule has 0 saturated heterocycles. The van der Waals surface area contributed by atoms with Crippen LogP contribution in [-0.4, -0.2) is 17.1 Å². The SMILES string of the molecule is Cc1ccc(Cc2ccccn2)cc1NC(=O)NC1C2Cc3cc(F)ccc3C21. The second-order valence-corrected chi connectivity index (χ2v) is 8.01. The van der Waals surface area contributed by atoms with Gasteiger partial charge in [-0.2, -0.15) is 0 Å². The molecule has 3 aromatic rings. The Kier molecular flexibility index (Phi) is 4.31. The standard InChI is InChI=1S/C24H22FN3O/c1-14-5-6-15(10-18-4-2-3-9-26-18)11-21(14)27-24(29)28-23-20-13-16-12-17(25)7-8-19(16)22(20)23/h2-9,11-12,20,22-23H,10,13H2,1H3,(H2,27,28,29). The van der Waals surface area contributed by atoms with Crippen molar-refractivity contribution in [3.63, 3.8) is 0 Å². The molecule has 4 nitrogen and oxygen atoms in total. The van der Waals surface area contributed by atoms with Gasteiger partial charge in [0.15, 0.2) is 0 Å². The van der Waals surface area contributed by atoms with Crippen molar-refractivity contribution < 1.29 is 9.18 Å². The summed E-state index contributed by atoms with van der Waals surface area (Å²) in [5.41, 5.74) is 6.18. The van der Waals surface area contributed by atoms with E-state index in [0.29, 0.717) is 11.8 Å². The van der Waals surface area contributed by atoms with Crippen LogP contribution in [0.25, 0.3) is 0 Å². The Morgan fingerprint density at radius 2 is 2.07 bits per heavy atom. The van der Waals surface area contributed by atoms with Crippen LogP contribution >= 0.6 is 0 Å². The predicted molar refractivity (Wildman–Crippen MR) is 110 cm³/mol. The lowest BCUT2D eigenvalue weighted by Crippen LogP contribution is -2.33. The van der Waals surface area contributed by atoms with E-state index in [0.717, 1.165) is 40.9 Å². The second kappa shape index (κ2) is 6.99. The van der Waals surface area contributed by atoms with Gasteiger partial charge in [0.05, 0.1) is 0 Å². The average Bonchev–Trinajstić information content (AvgIpc) is 3.21. The molecule has 2 aliphatic rings. The summed E-state index contributed by atoms with van der Waals surface area (Å²) in [7, 11) is 0. The number of carbonyl (C=O) groups excluding carboxylic acids is 1. The van der Waals surface area contributed by atoms with E-state index < -0.39 is 0 Å². The lowest BCUT2D eigenvalue weighted by atomic mass is 10.0. The number of aromatic nitrogens is 1. The first-order valence-electron chi connectivity index (χ1n) is 9.94. The number of aryl methyl sites for hydroxylation is 1. The van der Waals surface area contributed by atoms with E-state index in [-0.39, 0.29) is 17.9 Å². The Hall–Kier alpha value is -3.21. The van der Waals surface area contributed by atoms with Crippen molar-refractivity contribution in [3.8, 4) is 0 Å². The highest BCUT2D eigenvalue weighted by Gasteiger charge is 2.56. The molecular weight excluding hydrogens is 365 g/mol.